The first-order chi connectivity index (χ1) is 15.9. The summed E-state index contributed by atoms with van der Waals surface area (Å²) in [7, 11) is 1.68. The Balaban J connectivity index is 1.47. The van der Waals surface area contributed by atoms with Gasteiger partial charge in [0.2, 0.25) is 0 Å². The van der Waals surface area contributed by atoms with E-state index in [4.69, 9.17) is 16.3 Å². The van der Waals surface area contributed by atoms with Gasteiger partial charge in [0.1, 0.15) is 5.75 Å². The molecule has 0 saturated heterocycles. The normalized spacial score (nSPS) is 14.0. The van der Waals surface area contributed by atoms with Crippen molar-refractivity contribution >= 4 is 34.8 Å². The van der Waals surface area contributed by atoms with E-state index in [1.807, 2.05) is 37.3 Å². The van der Waals surface area contributed by atoms with Gasteiger partial charge in [0.25, 0.3) is 0 Å². The first-order valence-electron chi connectivity index (χ1n) is 11.1. The number of benzene rings is 3. The van der Waals surface area contributed by atoms with Gasteiger partial charge in [-0.2, -0.15) is 0 Å². The molecule has 0 spiro atoms. The van der Waals surface area contributed by atoms with Crippen molar-refractivity contribution in [3.8, 4) is 5.75 Å². The summed E-state index contributed by atoms with van der Waals surface area (Å²) in [6.07, 6.45) is 5.26. The molecule has 0 fully saturated rings. The Kier molecular flexibility index (Phi) is 7.00. The van der Waals surface area contributed by atoms with Gasteiger partial charge >= 0.3 is 5.97 Å². The average Bonchev–Trinajstić information content (AvgIpc) is 3.05. The fourth-order valence-electron chi connectivity index (χ4n) is 4.37. The number of carboxylic acid groups (broad SMARTS) is 1. The fraction of sp³-hybridized carbons (Fsp3) is 0.207. The molecule has 3 aromatic carbocycles. The van der Waals surface area contributed by atoms with E-state index < -0.39 is 5.97 Å². The van der Waals surface area contributed by atoms with E-state index in [0.29, 0.717) is 5.02 Å². The number of carbonyl (C=O) groups is 1. The van der Waals surface area contributed by atoms with Gasteiger partial charge in [-0.05, 0) is 101 Å². The minimum atomic E-state index is -0.837. The molecule has 0 saturated carbocycles. The zero-order chi connectivity index (χ0) is 23.4. The maximum atomic E-state index is 11.4. The molecule has 0 heterocycles. The number of hydrogen-bond donors (Lipinski definition) is 1. The second-order valence-electron chi connectivity index (χ2n) is 8.37. The number of halogens is 1. The monoisotopic (exact) mass is 458 g/mol. The molecule has 33 heavy (non-hydrogen) atoms. The second kappa shape index (κ2) is 10.1. The van der Waals surface area contributed by atoms with E-state index >= 15 is 0 Å². The molecule has 1 aliphatic rings. The summed E-state index contributed by atoms with van der Waals surface area (Å²) in [6, 6.07) is 22.6. The van der Waals surface area contributed by atoms with Crippen molar-refractivity contribution in [1.29, 1.82) is 0 Å². The quantitative estimate of drug-likeness (QED) is 0.384. The topological polar surface area (TPSA) is 46.5 Å². The number of allylic oxidation sites excluding steroid dienone is 2. The zero-order valence-electron chi connectivity index (χ0n) is 18.9. The van der Waals surface area contributed by atoms with E-state index in [-0.39, 0.29) is 6.42 Å². The highest BCUT2D eigenvalue weighted by molar-refractivity contribution is 6.31. The van der Waals surface area contributed by atoms with Crippen molar-refractivity contribution in [1.82, 2.24) is 0 Å². The zero-order valence-corrected chi connectivity index (χ0v) is 19.7. The highest BCUT2D eigenvalue weighted by Gasteiger charge is 2.25. The van der Waals surface area contributed by atoms with Crippen molar-refractivity contribution in [2.24, 2.45) is 0 Å². The third kappa shape index (κ3) is 5.37. The number of aliphatic carboxylic acids is 1. The van der Waals surface area contributed by atoms with E-state index in [9.17, 15) is 9.90 Å². The van der Waals surface area contributed by atoms with Crippen LogP contribution in [0.2, 0.25) is 5.02 Å². The van der Waals surface area contributed by atoms with Crippen molar-refractivity contribution in [2.45, 2.75) is 32.6 Å². The molecule has 4 rings (SSSR count). The van der Waals surface area contributed by atoms with Crippen LogP contribution in [-0.4, -0.2) is 18.2 Å². The molecule has 0 radical (unpaired) electrons. The van der Waals surface area contributed by atoms with E-state index in [1.54, 1.807) is 7.11 Å². The molecule has 1 N–H and O–H groups in total. The molecule has 3 nitrogen and oxygen atoms in total. The lowest BCUT2D eigenvalue weighted by Crippen LogP contribution is -1.96. The molecule has 0 aromatic heterocycles. The Morgan fingerprint density at radius 1 is 0.939 bits per heavy atom. The van der Waals surface area contributed by atoms with Gasteiger partial charge in [0.15, 0.2) is 0 Å². The lowest BCUT2D eigenvalue weighted by atomic mass is 9.99. The molecule has 0 bridgehead atoms. The van der Waals surface area contributed by atoms with E-state index in [1.165, 1.54) is 11.1 Å². The van der Waals surface area contributed by atoms with Crippen LogP contribution in [-0.2, 0) is 17.6 Å². The van der Waals surface area contributed by atoms with E-state index in [0.717, 1.165) is 58.4 Å². The largest absolute Gasteiger partial charge is 0.497 e. The lowest BCUT2D eigenvalue weighted by molar-refractivity contribution is -0.135. The van der Waals surface area contributed by atoms with E-state index in [2.05, 4.69) is 42.5 Å². The SMILES string of the molecule is COc1ccc(CCCc2ccc(/C=C3/C(C)=C(CC(=O)O)c4cc(Cl)ccc43)cc2)cc1. The third-order valence-electron chi connectivity index (χ3n) is 6.16. The summed E-state index contributed by atoms with van der Waals surface area (Å²) < 4.78 is 5.22. The van der Waals surface area contributed by atoms with Crippen molar-refractivity contribution in [3.63, 3.8) is 0 Å². The predicted octanol–water partition coefficient (Wildman–Crippen LogP) is 7.33. The molecule has 0 aliphatic heterocycles. The molecule has 1 aliphatic carbocycles. The van der Waals surface area contributed by atoms with Gasteiger partial charge in [-0.25, -0.2) is 0 Å². The van der Waals surface area contributed by atoms with Gasteiger partial charge in [-0.3, -0.25) is 4.79 Å². The highest BCUT2D eigenvalue weighted by atomic mass is 35.5. The number of hydrogen-bond acceptors (Lipinski definition) is 2. The molecule has 0 atom stereocenters. The van der Waals surface area contributed by atoms with Crippen LogP contribution >= 0.6 is 11.6 Å². The third-order valence-corrected chi connectivity index (χ3v) is 6.40. The number of aryl methyl sites for hydroxylation is 2. The summed E-state index contributed by atoms with van der Waals surface area (Å²) in [6.45, 7) is 1.99. The summed E-state index contributed by atoms with van der Waals surface area (Å²) in [4.78, 5) is 11.4. The van der Waals surface area contributed by atoms with Crippen LogP contribution in [0, 0.1) is 0 Å². The number of carboxylic acids is 1. The minimum absolute atomic E-state index is 0.0103. The maximum absolute atomic E-state index is 11.4. The van der Waals surface area contributed by atoms with Crippen molar-refractivity contribution in [2.75, 3.05) is 7.11 Å². The van der Waals surface area contributed by atoms with Gasteiger partial charge in [0.05, 0.1) is 13.5 Å². The Labute approximate surface area is 200 Å². The summed E-state index contributed by atoms with van der Waals surface area (Å²) in [5, 5.41) is 9.98. The smallest absolute Gasteiger partial charge is 0.307 e. The molecule has 168 valence electrons. The molecule has 0 unspecified atom stereocenters. The first-order valence-corrected chi connectivity index (χ1v) is 11.5. The van der Waals surface area contributed by atoms with Crippen molar-refractivity contribution in [3.05, 3.63) is 105 Å². The Morgan fingerprint density at radius 2 is 1.58 bits per heavy atom. The van der Waals surface area contributed by atoms with Gasteiger partial charge in [0, 0.05) is 5.02 Å². The molecule has 3 aromatic rings. The average molecular weight is 459 g/mol. The fourth-order valence-corrected chi connectivity index (χ4v) is 4.54. The van der Waals surface area contributed by atoms with Crippen LogP contribution < -0.4 is 4.74 Å². The molecular weight excluding hydrogens is 432 g/mol. The Bertz CT molecular complexity index is 1220. The van der Waals surface area contributed by atoms with Crippen LogP contribution in [0.4, 0.5) is 0 Å². The van der Waals surface area contributed by atoms with Gasteiger partial charge in [-0.1, -0.05) is 54.1 Å². The standard InChI is InChI=1S/C29H27ClO3/c1-19-26(25-15-12-23(30)17-28(25)27(19)18-29(31)32)16-22-8-6-20(7-9-22)4-3-5-21-10-13-24(33-2)14-11-21/h6-17H,3-5,18H2,1-2H3,(H,31,32)/b26-16-. The van der Waals surface area contributed by atoms with Crippen LogP contribution in [0.3, 0.4) is 0 Å². The number of rotatable bonds is 8. The van der Waals surface area contributed by atoms with Crippen LogP contribution in [0.5, 0.6) is 5.75 Å². The summed E-state index contributed by atoms with van der Waals surface area (Å²) >= 11 is 6.20. The Morgan fingerprint density at radius 3 is 2.18 bits per heavy atom. The number of ether oxygens (including phenoxy) is 1. The first kappa shape index (κ1) is 22.9. The lowest BCUT2D eigenvalue weighted by Gasteiger charge is -2.06. The highest BCUT2D eigenvalue weighted by Crippen LogP contribution is 2.44. The number of methoxy groups -OCH3 is 1. The molecule has 4 heteroatoms. The van der Waals surface area contributed by atoms with Crippen LogP contribution in [0.1, 0.15) is 47.6 Å². The molecular formula is C29H27ClO3. The predicted molar refractivity (Wildman–Crippen MR) is 136 cm³/mol. The van der Waals surface area contributed by atoms with Gasteiger partial charge < -0.3 is 9.84 Å². The molecule has 0 amide bonds. The van der Waals surface area contributed by atoms with Gasteiger partial charge in [-0.15, -0.1) is 0 Å². The summed E-state index contributed by atoms with van der Waals surface area (Å²) in [5.74, 6) is 0.0483. The second-order valence-corrected chi connectivity index (χ2v) is 8.80. The van der Waals surface area contributed by atoms with Crippen LogP contribution in [0.15, 0.2) is 72.3 Å². The minimum Gasteiger partial charge on any atom is -0.497 e. The number of fused-ring (bicyclic) bond motifs is 1. The van der Waals surface area contributed by atoms with Crippen LogP contribution in [0.25, 0.3) is 17.2 Å². The Hall–Kier alpha value is -3.30. The summed E-state index contributed by atoms with van der Waals surface area (Å²) in [5.41, 5.74) is 8.57. The maximum Gasteiger partial charge on any atom is 0.307 e. The van der Waals surface area contributed by atoms with Crippen molar-refractivity contribution < 1.29 is 14.6 Å².